The van der Waals surface area contributed by atoms with Gasteiger partial charge in [-0.05, 0) is 30.5 Å². The number of benzene rings is 1. The monoisotopic (exact) mass is 190 g/mol. The summed E-state index contributed by atoms with van der Waals surface area (Å²) in [5, 5.41) is 0. The van der Waals surface area contributed by atoms with Crippen LogP contribution < -0.4 is 0 Å². The van der Waals surface area contributed by atoms with Gasteiger partial charge in [-0.1, -0.05) is 12.1 Å². The van der Waals surface area contributed by atoms with E-state index < -0.39 is 0 Å². The minimum Gasteiger partial charge on any atom is -0.348 e. The lowest BCUT2D eigenvalue weighted by atomic mass is 10.1. The Hall–Kier alpha value is -1.64. The molecule has 1 aromatic carbocycles. The predicted molar refractivity (Wildman–Crippen MR) is 52.4 cm³/mol. The standard InChI is InChI=1S/C11H11FN2/c12-10-4-1-9(2-5-10)3-6-11-7-13-8-14-11/h1-2,4-5,7-8H,3,6H2,(H,13,14). The van der Waals surface area contributed by atoms with Crippen LogP contribution in [-0.4, -0.2) is 9.97 Å². The summed E-state index contributed by atoms with van der Waals surface area (Å²) in [5.74, 6) is -0.185. The minimum absolute atomic E-state index is 0.185. The van der Waals surface area contributed by atoms with Crippen LogP contribution in [0.2, 0.25) is 0 Å². The lowest BCUT2D eigenvalue weighted by Crippen LogP contribution is -1.91. The number of halogens is 1. The Labute approximate surface area is 81.8 Å². The van der Waals surface area contributed by atoms with Gasteiger partial charge in [-0.3, -0.25) is 0 Å². The van der Waals surface area contributed by atoms with Gasteiger partial charge in [0.05, 0.1) is 6.33 Å². The van der Waals surface area contributed by atoms with Crippen LogP contribution in [0.1, 0.15) is 11.3 Å². The topological polar surface area (TPSA) is 28.7 Å². The zero-order valence-electron chi connectivity index (χ0n) is 7.70. The smallest absolute Gasteiger partial charge is 0.123 e. The van der Waals surface area contributed by atoms with Gasteiger partial charge >= 0.3 is 0 Å². The molecule has 1 heterocycles. The van der Waals surface area contributed by atoms with Crippen LogP contribution >= 0.6 is 0 Å². The summed E-state index contributed by atoms with van der Waals surface area (Å²) in [6.07, 6.45) is 5.29. The first-order valence-corrected chi connectivity index (χ1v) is 4.56. The Kier molecular flexibility index (Phi) is 2.58. The van der Waals surface area contributed by atoms with E-state index in [1.165, 1.54) is 12.1 Å². The van der Waals surface area contributed by atoms with Crippen molar-refractivity contribution in [2.45, 2.75) is 12.8 Å². The van der Waals surface area contributed by atoms with Crippen LogP contribution in [0.5, 0.6) is 0 Å². The van der Waals surface area contributed by atoms with Crippen LogP contribution in [0.4, 0.5) is 4.39 Å². The highest BCUT2D eigenvalue weighted by atomic mass is 19.1. The number of imidazole rings is 1. The second-order valence-corrected chi connectivity index (χ2v) is 3.20. The Morgan fingerprint density at radius 2 is 1.93 bits per heavy atom. The van der Waals surface area contributed by atoms with Crippen LogP contribution in [0.3, 0.4) is 0 Å². The number of H-pyrrole nitrogens is 1. The normalized spacial score (nSPS) is 10.4. The van der Waals surface area contributed by atoms with Crippen molar-refractivity contribution in [1.29, 1.82) is 0 Å². The summed E-state index contributed by atoms with van der Waals surface area (Å²) in [6, 6.07) is 6.60. The van der Waals surface area contributed by atoms with Crippen molar-refractivity contribution in [2.24, 2.45) is 0 Å². The van der Waals surface area contributed by atoms with E-state index in [2.05, 4.69) is 9.97 Å². The quantitative estimate of drug-likeness (QED) is 0.790. The van der Waals surface area contributed by atoms with Crippen LogP contribution in [0, 0.1) is 5.82 Å². The summed E-state index contributed by atoms with van der Waals surface area (Å²) in [5.41, 5.74) is 2.25. The Morgan fingerprint density at radius 3 is 2.57 bits per heavy atom. The molecular formula is C11H11FN2. The van der Waals surface area contributed by atoms with Crippen molar-refractivity contribution in [1.82, 2.24) is 9.97 Å². The number of aromatic amines is 1. The molecule has 2 aromatic rings. The first-order chi connectivity index (χ1) is 6.84. The number of nitrogens with zero attached hydrogens (tertiary/aromatic N) is 1. The molecule has 0 saturated heterocycles. The maximum absolute atomic E-state index is 12.6. The molecular weight excluding hydrogens is 179 g/mol. The van der Waals surface area contributed by atoms with Crippen molar-refractivity contribution in [3.63, 3.8) is 0 Å². The molecule has 2 nitrogen and oxygen atoms in total. The molecule has 0 bridgehead atoms. The fourth-order valence-corrected chi connectivity index (χ4v) is 1.35. The molecule has 0 aliphatic carbocycles. The van der Waals surface area contributed by atoms with Gasteiger partial charge in [0.15, 0.2) is 0 Å². The lowest BCUT2D eigenvalue weighted by molar-refractivity contribution is 0.627. The Morgan fingerprint density at radius 1 is 1.14 bits per heavy atom. The van der Waals surface area contributed by atoms with Crippen LogP contribution in [-0.2, 0) is 12.8 Å². The van der Waals surface area contributed by atoms with Crippen molar-refractivity contribution in [2.75, 3.05) is 0 Å². The van der Waals surface area contributed by atoms with Gasteiger partial charge in [0, 0.05) is 11.9 Å². The van der Waals surface area contributed by atoms with Gasteiger partial charge in [0.25, 0.3) is 0 Å². The molecule has 0 atom stereocenters. The van der Waals surface area contributed by atoms with Crippen LogP contribution in [0.25, 0.3) is 0 Å². The Balaban J connectivity index is 1.95. The van der Waals surface area contributed by atoms with E-state index in [-0.39, 0.29) is 5.82 Å². The summed E-state index contributed by atoms with van der Waals surface area (Å²) >= 11 is 0. The predicted octanol–water partition coefficient (Wildman–Crippen LogP) is 2.33. The molecule has 72 valence electrons. The van der Waals surface area contributed by atoms with Gasteiger partial charge in [0.1, 0.15) is 5.82 Å². The minimum atomic E-state index is -0.185. The highest BCUT2D eigenvalue weighted by molar-refractivity contribution is 5.17. The van der Waals surface area contributed by atoms with E-state index in [0.717, 1.165) is 24.1 Å². The summed E-state index contributed by atoms with van der Waals surface area (Å²) in [7, 11) is 0. The van der Waals surface area contributed by atoms with Gasteiger partial charge in [0.2, 0.25) is 0 Å². The number of hydrogen-bond acceptors (Lipinski definition) is 1. The molecule has 3 heteroatoms. The first kappa shape index (κ1) is 8.94. The molecule has 0 saturated carbocycles. The van der Waals surface area contributed by atoms with Gasteiger partial charge in [-0.2, -0.15) is 0 Å². The molecule has 0 unspecified atom stereocenters. The van der Waals surface area contributed by atoms with E-state index in [1.54, 1.807) is 6.33 Å². The molecule has 14 heavy (non-hydrogen) atoms. The average molecular weight is 190 g/mol. The van der Waals surface area contributed by atoms with Gasteiger partial charge in [-0.25, -0.2) is 9.37 Å². The third-order valence-electron chi connectivity index (χ3n) is 2.15. The van der Waals surface area contributed by atoms with Gasteiger partial charge < -0.3 is 4.98 Å². The average Bonchev–Trinajstić information content (AvgIpc) is 2.70. The fourth-order valence-electron chi connectivity index (χ4n) is 1.35. The number of rotatable bonds is 3. The fraction of sp³-hybridized carbons (Fsp3) is 0.182. The zero-order chi connectivity index (χ0) is 9.80. The third-order valence-corrected chi connectivity index (χ3v) is 2.15. The molecule has 0 amide bonds. The van der Waals surface area contributed by atoms with E-state index in [9.17, 15) is 4.39 Å². The summed E-state index contributed by atoms with van der Waals surface area (Å²) in [6.45, 7) is 0. The number of nitrogens with one attached hydrogen (secondary N) is 1. The largest absolute Gasteiger partial charge is 0.348 e. The third kappa shape index (κ3) is 2.19. The second-order valence-electron chi connectivity index (χ2n) is 3.20. The maximum atomic E-state index is 12.6. The molecule has 0 fully saturated rings. The first-order valence-electron chi connectivity index (χ1n) is 4.56. The number of aromatic nitrogens is 2. The second kappa shape index (κ2) is 4.05. The molecule has 2 rings (SSSR count). The van der Waals surface area contributed by atoms with Crippen molar-refractivity contribution in [3.05, 3.63) is 53.9 Å². The highest BCUT2D eigenvalue weighted by Gasteiger charge is 1.96. The lowest BCUT2D eigenvalue weighted by Gasteiger charge is -1.98. The Bertz CT molecular complexity index is 378. The molecule has 1 aromatic heterocycles. The van der Waals surface area contributed by atoms with E-state index in [0.29, 0.717) is 0 Å². The van der Waals surface area contributed by atoms with Crippen molar-refractivity contribution in [3.8, 4) is 0 Å². The SMILES string of the molecule is Fc1ccc(CCc2cnc[nH]2)cc1. The number of hydrogen-bond donors (Lipinski definition) is 1. The van der Waals surface area contributed by atoms with E-state index in [1.807, 2.05) is 18.3 Å². The number of aryl methyl sites for hydroxylation is 2. The molecule has 0 radical (unpaired) electrons. The highest BCUT2D eigenvalue weighted by Crippen LogP contribution is 2.06. The van der Waals surface area contributed by atoms with E-state index >= 15 is 0 Å². The molecule has 0 aliphatic heterocycles. The van der Waals surface area contributed by atoms with E-state index in [4.69, 9.17) is 0 Å². The molecule has 0 aliphatic rings. The van der Waals surface area contributed by atoms with Crippen molar-refractivity contribution >= 4 is 0 Å². The summed E-state index contributed by atoms with van der Waals surface area (Å²) in [4.78, 5) is 6.97. The zero-order valence-corrected chi connectivity index (χ0v) is 7.70. The van der Waals surface area contributed by atoms with Crippen LogP contribution in [0.15, 0.2) is 36.8 Å². The van der Waals surface area contributed by atoms with Gasteiger partial charge in [-0.15, -0.1) is 0 Å². The molecule has 1 N–H and O–H groups in total. The van der Waals surface area contributed by atoms with Crippen molar-refractivity contribution < 1.29 is 4.39 Å². The summed E-state index contributed by atoms with van der Waals surface area (Å²) < 4.78 is 12.6. The molecule has 0 spiro atoms. The maximum Gasteiger partial charge on any atom is 0.123 e.